The molecule has 0 N–H and O–H groups in total. The molecule has 0 aromatic heterocycles. The van der Waals surface area contributed by atoms with E-state index in [1.165, 1.54) is 54.7 Å². The molecule has 0 spiro atoms. The third-order valence-corrected chi connectivity index (χ3v) is 7.41. The van der Waals surface area contributed by atoms with Crippen molar-refractivity contribution in [2.24, 2.45) is 0 Å². The standard InChI is InChI=1S/C26H15Br3F12O3/c1-20(14-2-8-17(9-3-14)42-24(36,37)21(27,30)31,15-4-10-18(11-5-15)43-25(38,39)22(28,32)33)16-6-12-19(13-7-16)44-26(40,41)23(29,34)35/h2-13H,1H3. The van der Waals surface area contributed by atoms with Crippen LogP contribution >= 0.6 is 47.8 Å². The third-order valence-electron chi connectivity index (χ3n) is 6.02. The molecule has 3 nitrogen and oxygen atoms in total. The predicted molar refractivity (Wildman–Crippen MR) is 143 cm³/mol. The number of rotatable bonds is 12. The second kappa shape index (κ2) is 12.1. The predicted octanol–water partition coefficient (Wildman–Crippen LogP) is 10.9. The molecule has 3 aromatic rings. The highest BCUT2D eigenvalue weighted by atomic mass is 79.9. The largest absolute Gasteiger partial charge is 0.475 e. The van der Waals surface area contributed by atoms with E-state index in [2.05, 4.69) is 14.2 Å². The molecule has 18 heteroatoms. The van der Waals surface area contributed by atoms with Crippen LogP contribution in [0.3, 0.4) is 0 Å². The van der Waals surface area contributed by atoms with Crippen LogP contribution in [-0.4, -0.2) is 32.8 Å². The Morgan fingerprint density at radius 2 is 0.568 bits per heavy atom. The number of halogens is 15. The molecule has 0 bridgehead atoms. The number of hydrogen-bond acceptors (Lipinski definition) is 3. The fraction of sp³-hybridized carbons (Fsp3) is 0.308. The Kier molecular flexibility index (Phi) is 9.95. The van der Waals surface area contributed by atoms with Crippen molar-refractivity contribution < 1.29 is 66.9 Å². The zero-order valence-electron chi connectivity index (χ0n) is 21.3. The molecule has 3 aromatic carbocycles. The lowest BCUT2D eigenvalue weighted by Gasteiger charge is -2.33. The van der Waals surface area contributed by atoms with Crippen LogP contribution in [0.2, 0.25) is 0 Å². The van der Waals surface area contributed by atoms with Gasteiger partial charge in [-0.25, -0.2) is 0 Å². The van der Waals surface area contributed by atoms with Gasteiger partial charge < -0.3 is 14.2 Å². The van der Waals surface area contributed by atoms with Gasteiger partial charge in [0.25, 0.3) is 0 Å². The average Bonchev–Trinajstić information content (AvgIpc) is 2.87. The SMILES string of the molecule is CC(c1ccc(OC(F)(F)C(F)(F)Br)cc1)(c1ccc(OC(F)(F)C(F)(F)Br)cc1)c1ccc(OC(F)(F)C(F)(F)Br)cc1. The highest BCUT2D eigenvalue weighted by Crippen LogP contribution is 2.46. The maximum Gasteiger partial charge on any atom is 0.475 e. The van der Waals surface area contributed by atoms with E-state index in [4.69, 9.17) is 0 Å². The van der Waals surface area contributed by atoms with Gasteiger partial charge in [0.05, 0.1) is 0 Å². The van der Waals surface area contributed by atoms with Gasteiger partial charge in [0.1, 0.15) is 17.2 Å². The highest BCUT2D eigenvalue weighted by molar-refractivity contribution is 9.10. The van der Waals surface area contributed by atoms with Crippen LogP contribution < -0.4 is 14.2 Å². The normalized spacial score (nSPS) is 13.9. The molecule has 44 heavy (non-hydrogen) atoms. The molecule has 0 saturated carbocycles. The lowest BCUT2D eigenvalue weighted by atomic mass is 9.71. The summed E-state index contributed by atoms with van der Waals surface area (Å²) in [5, 5.41) is 0. The van der Waals surface area contributed by atoms with E-state index in [0.717, 1.165) is 72.8 Å². The molecular formula is C26H15Br3F12O3. The quantitative estimate of drug-likeness (QED) is 0.103. The third kappa shape index (κ3) is 7.71. The first-order valence-electron chi connectivity index (χ1n) is 11.5. The fourth-order valence-electron chi connectivity index (χ4n) is 3.69. The van der Waals surface area contributed by atoms with Crippen molar-refractivity contribution in [3.05, 3.63) is 89.5 Å². The van der Waals surface area contributed by atoms with Crippen molar-refractivity contribution >= 4 is 47.8 Å². The summed E-state index contributed by atoms with van der Waals surface area (Å²) in [5.41, 5.74) is -0.886. The second-order valence-electron chi connectivity index (χ2n) is 9.05. The molecule has 0 radical (unpaired) electrons. The van der Waals surface area contributed by atoms with Crippen molar-refractivity contribution in [3.63, 3.8) is 0 Å². The summed E-state index contributed by atoms with van der Waals surface area (Å²) in [5.74, 6) is -2.12. The van der Waals surface area contributed by atoms with E-state index >= 15 is 0 Å². The van der Waals surface area contributed by atoms with Gasteiger partial charge in [0, 0.05) is 53.2 Å². The zero-order chi connectivity index (χ0) is 33.6. The Morgan fingerprint density at radius 1 is 0.386 bits per heavy atom. The average molecular weight is 843 g/mol. The Bertz CT molecular complexity index is 1250. The summed E-state index contributed by atoms with van der Waals surface area (Å²) in [6, 6.07) is 12.3. The van der Waals surface area contributed by atoms with Gasteiger partial charge in [-0.1, -0.05) is 36.4 Å². The minimum Gasteiger partial charge on any atom is -0.427 e. The van der Waals surface area contributed by atoms with Gasteiger partial charge >= 0.3 is 32.8 Å². The summed E-state index contributed by atoms with van der Waals surface area (Å²) < 4.78 is 173. The van der Waals surface area contributed by atoms with Crippen molar-refractivity contribution in [1.82, 2.24) is 0 Å². The molecule has 0 amide bonds. The van der Waals surface area contributed by atoms with E-state index in [-0.39, 0.29) is 16.7 Å². The molecule has 0 atom stereocenters. The molecule has 0 fully saturated rings. The minimum absolute atomic E-state index is 0.191. The Morgan fingerprint density at radius 3 is 0.727 bits per heavy atom. The number of alkyl halides is 15. The summed E-state index contributed by atoms with van der Waals surface area (Å²) in [6.45, 7) is 1.47. The van der Waals surface area contributed by atoms with Crippen LogP contribution in [0.4, 0.5) is 52.7 Å². The topological polar surface area (TPSA) is 27.7 Å². The number of benzene rings is 3. The number of hydrogen-bond donors (Lipinski definition) is 0. The van der Waals surface area contributed by atoms with Crippen LogP contribution in [0, 0.1) is 0 Å². The molecule has 0 unspecified atom stereocenters. The maximum absolute atomic E-state index is 13.7. The van der Waals surface area contributed by atoms with Gasteiger partial charge in [-0.2, -0.15) is 52.7 Å². The van der Waals surface area contributed by atoms with Gasteiger partial charge in [-0.3, -0.25) is 0 Å². The van der Waals surface area contributed by atoms with Crippen molar-refractivity contribution in [2.75, 3.05) is 0 Å². The lowest BCUT2D eigenvalue weighted by molar-refractivity contribution is -0.266. The van der Waals surface area contributed by atoms with Gasteiger partial charge in [0.15, 0.2) is 0 Å². The molecular weight excluding hydrogens is 828 g/mol. The molecule has 0 aliphatic heterocycles. The lowest BCUT2D eigenvalue weighted by Crippen LogP contribution is -2.40. The van der Waals surface area contributed by atoms with Gasteiger partial charge in [-0.05, 0) is 60.0 Å². The van der Waals surface area contributed by atoms with Crippen molar-refractivity contribution in [1.29, 1.82) is 0 Å². The molecule has 0 heterocycles. The minimum atomic E-state index is -4.97. The van der Waals surface area contributed by atoms with E-state index < -0.39 is 55.5 Å². The van der Waals surface area contributed by atoms with E-state index in [9.17, 15) is 52.7 Å². The first kappa shape index (κ1) is 36.1. The van der Waals surface area contributed by atoms with Crippen molar-refractivity contribution in [2.45, 2.75) is 45.2 Å². The number of ether oxygens (including phenoxy) is 3. The van der Waals surface area contributed by atoms with Gasteiger partial charge in [-0.15, -0.1) is 0 Å². The summed E-state index contributed by atoms with van der Waals surface area (Å²) in [6.07, 6.45) is -14.9. The van der Waals surface area contributed by atoms with Crippen LogP contribution in [0.25, 0.3) is 0 Å². The van der Waals surface area contributed by atoms with Crippen LogP contribution in [0.1, 0.15) is 23.6 Å². The summed E-state index contributed by atoms with van der Waals surface area (Å²) >= 11 is 4.57. The maximum atomic E-state index is 13.7. The Balaban J connectivity index is 2.06. The monoisotopic (exact) mass is 840 g/mol. The summed E-state index contributed by atoms with van der Waals surface area (Å²) in [4.78, 5) is -14.2. The van der Waals surface area contributed by atoms with Crippen LogP contribution in [-0.2, 0) is 5.41 Å². The second-order valence-corrected chi connectivity index (χ2v) is 12.0. The van der Waals surface area contributed by atoms with Crippen LogP contribution in [0.15, 0.2) is 72.8 Å². The molecule has 0 aliphatic rings. The zero-order valence-corrected chi connectivity index (χ0v) is 26.1. The fourth-order valence-corrected chi connectivity index (χ4v) is 3.93. The van der Waals surface area contributed by atoms with E-state index in [0.29, 0.717) is 0 Å². The van der Waals surface area contributed by atoms with Crippen LogP contribution in [0.5, 0.6) is 17.2 Å². The molecule has 3 rings (SSSR count). The molecule has 0 aliphatic carbocycles. The van der Waals surface area contributed by atoms with Crippen molar-refractivity contribution in [3.8, 4) is 17.2 Å². The first-order valence-corrected chi connectivity index (χ1v) is 13.9. The van der Waals surface area contributed by atoms with Gasteiger partial charge in [0.2, 0.25) is 0 Å². The highest BCUT2D eigenvalue weighted by Gasteiger charge is 2.59. The first-order chi connectivity index (χ1) is 19.8. The molecule has 0 saturated heterocycles. The smallest absolute Gasteiger partial charge is 0.427 e. The van der Waals surface area contributed by atoms with E-state index in [1.54, 1.807) is 0 Å². The summed E-state index contributed by atoms with van der Waals surface area (Å²) in [7, 11) is 0. The molecule has 242 valence electrons. The Labute approximate surface area is 265 Å². The Hall–Kier alpha value is -2.34. The van der Waals surface area contributed by atoms with E-state index in [1.807, 2.05) is 0 Å².